The molecule has 0 unspecified atom stereocenters. The van der Waals surface area contributed by atoms with Gasteiger partial charge in [-0.1, -0.05) is 30.3 Å². The summed E-state index contributed by atoms with van der Waals surface area (Å²) < 4.78 is 11.6. The number of fused-ring (bicyclic) bond motifs is 1. The minimum Gasteiger partial charge on any atom is -0.490 e. The molecule has 0 atom stereocenters. The summed E-state index contributed by atoms with van der Waals surface area (Å²) in [7, 11) is 0. The molecule has 2 aliphatic heterocycles. The van der Waals surface area contributed by atoms with Crippen molar-refractivity contribution in [1.29, 1.82) is 0 Å². The summed E-state index contributed by atoms with van der Waals surface area (Å²) in [5.74, 6) is 0.653. The van der Waals surface area contributed by atoms with Gasteiger partial charge in [0.1, 0.15) is 6.54 Å². The van der Waals surface area contributed by atoms with E-state index >= 15 is 0 Å². The molecule has 1 fully saturated rings. The van der Waals surface area contributed by atoms with Gasteiger partial charge in [-0.3, -0.25) is 14.4 Å². The fraction of sp³-hybridized carbons (Fsp3) is 0.324. The number of nitrogens with one attached hydrogen (secondary N) is 2. The SMILES string of the molecule is CCOc1cc2c(cc1OCC)C(=C(Nc1ccc(N(CC(=O)N3CCCCC3)C(C)=O)cc1)c1ccccc1)C(=O)N2. The van der Waals surface area contributed by atoms with Crippen LogP contribution in [0.2, 0.25) is 0 Å². The lowest BCUT2D eigenvalue weighted by Crippen LogP contribution is -2.44. The van der Waals surface area contributed by atoms with Gasteiger partial charge in [-0.05, 0) is 69.0 Å². The van der Waals surface area contributed by atoms with Crippen LogP contribution in [-0.2, 0) is 14.4 Å². The van der Waals surface area contributed by atoms with Crippen LogP contribution in [0.5, 0.6) is 11.5 Å². The van der Waals surface area contributed by atoms with Crippen molar-refractivity contribution in [3.05, 3.63) is 77.9 Å². The molecule has 0 radical (unpaired) electrons. The number of hydrogen-bond acceptors (Lipinski definition) is 6. The predicted octanol–water partition coefficient (Wildman–Crippen LogP) is 5.78. The fourth-order valence-corrected chi connectivity index (χ4v) is 5.48. The largest absolute Gasteiger partial charge is 0.490 e. The Hall–Kier alpha value is -4.79. The lowest BCUT2D eigenvalue weighted by molar-refractivity contribution is -0.132. The topological polar surface area (TPSA) is 100 Å². The first-order valence-corrected chi connectivity index (χ1v) is 14.9. The van der Waals surface area contributed by atoms with Crippen molar-refractivity contribution < 1.29 is 23.9 Å². The average molecular weight is 583 g/mol. The van der Waals surface area contributed by atoms with E-state index in [-0.39, 0.29) is 24.3 Å². The van der Waals surface area contributed by atoms with E-state index in [0.717, 1.165) is 43.6 Å². The quantitative estimate of drug-likeness (QED) is 0.294. The first-order valence-electron chi connectivity index (χ1n) is 14.9. The molecule has 3 aromatic carbocycles. The molecule has 9 nitrogen and oxygen atoms in total. The van der Waals surface area contributed by atoms with Crippen LogP contribution in [0.1, 0.15) is 51.2 Å². The molecule has 2 heterocycles. The number of hydrogen-bond donors (Lipinski definition) is 2. The normalized spacial score (nSPS) is 15.3. The number of anilines is 3. The second-order valence-electron chi connectivity index (χ2n) is 10.5. The van der Waals surface area contributed by atoms with E-state index in [1.165, 1.54) is 11.8 Å². The van der Waals surface area contributed by atoms with Crippen molar-refractivity contribution in [3.8, 4) is 11.5 Å². The van der Waals surface area contributed by atoms with E-state index in [4.69, 9.17) is 9.47 Å². The van der Waals surface area contributed by atoms with Crippen molar-refractivity contribution >= 4 is 46.1 Å². The molecular formula is C34H38N4O5. The standard InChI is InChI=1S/C34H38N4O5/c1-4-42-29-20-27-28(21-30(29)43-5-2)36-34(41)32(27)33(24-12-8-6-9-13-24)35-25-14-16-26(17-15-25)38(23(3)39)22-31(40)37-18-10-7-11-19-37/h6,8-9,12-17,20-21,35H,4-5,7,10-11,18-19,22H2,1-3H3,(H,36,41). The lowest BCUT2D eigenvalue weighted by Gasteiger charge is -2.29. The molecule has 2 aliphatic rings. The highest BCUT2D eigenvalue weighted by atomic mass is 16.5. The molecule has 5 rings (SSSR count). The van der Waals surface area contributed by atoms with E-state index in [9.17, 15) is 14.4 Å². The van der Waals surface area contributed by atoms with Crippen LogP contribution in [0.3, 0.4) is 0 Å². The highest BCUT2D eigenvalue weighted by Crippen LogP contribution is 2.43. The Morgan fingerprint density at radius 1 is 0.907 bits per heavy atom. The van der Waals surface area contributed by atoms with Gasteiger partial charge >= 0.3 is 0 Å². The number of carbonyl (C=O) groups is 3. The second kappa shape index (κ2) is 13.5. The van der Waals surface area contributed by atoms with Gasteiger partial charge < -0.3 is 29.9 Å². The average Bonchev–Trinajstić information content (AvgIpc) is 3.34. The molecule has 3 aromatic rings. The molecule has 0 spiro atoms. The maximum Gasteiger partial charge on any atom is 0.258 e. The maximum atomic E-state index is 13.5. The Bertz CT molecular complexity index is 1510. The van der Waals surface area contributed by atoms with Crippen LogP contribution in [0.4, 0.5) is 17.1 Å². The van der Waals surface area contributed by atoms with Gasteiger partial charge in [0.15, 0.2) is 11.5 Å². The number of likely N-dealkylation sites (tertiary alicyclic amines) is 1. The summed E-state index contributed by atoms with van der Waals surface area (Å²) in [6.07, 6.45) is 3.12. The number of rotatable bonds is 10. The van der Waals surface area contributed by atoms with Crippen LogP contribution in [0.25, 0.3) is 11.3 Å². The molecular weight excluding hydrogens is 544 g/mol. The van der Waals surface area contributed by atoms with Crippen molar-refractivity contribution in [2.24, 2.45) is 0 Å². The minimum absolute atomic E-state index is 0.00424. The van der Waals surface area contributed by atoms with Gasteiger partial charge in [-0.25, -0.2) is 0 Å². The molecule has 0 bridgehead atoms. The van der Waals surface area contributed by atoms with Crippen molar-refractivity contribution in [3.63, 3.8) is 0 Å². The summed E-state index contributed by atoms with van der Waals surface area (Å²) in [4.78, 5) is 42.3. The zero-order chi connectivity index (χ0) is 30.3. The van der Waals surface area contributed by atoms with E-state index in [2.05, 4.69) is 10.6 Å². The van der Waals surface area contributed by atoms with E-state index in [0.29, 0.717) is 52.9 Å². The van der Waals surface area contributed by atoms with Gasteiger partial charge in [0.2, 0.25) is 11.8 Å². The van der Waals surface area contributed by atoms with Crippen LogP contribution in [0.15, 0.2) is 66.7 Å². The van der Waals surface area contributed by atoms with Crippen LogP contribution < -0.4 is 25.0 Å². The van der Waals surface area contributed by atoms with E-state index in [1.807, 2.05) is 79.4 Å². The second-order valence-corrected chi connectivity index (χ2v) is 10.5. The Balaban J connectivity index is 1.48. The molecule has 0 aromatic heterocycles. The summed E-state index contributed by atoms with van der Waals surface area (Å²) in [5, 5.41) is 6.44. The molecule has 0 saturated carbocycles. The zero-order valence-corrected chi connectivity index (χ0v) is 24.9. The van der Waals surface area contributed by atoms with Crippen LogP contribution in [0, 0.1) is 0 Å². The van der Waals surface area contributed by atoms with Gasteiger partial charge in [0, 0.05) is 43.0 Å². The number of nitrogens with zero attached hydrogens (tertiary/aromatic N) is 2. The third-order valence-corrected chi connectivity index (χ3v) is 7.57. The van der Waals surface area contributed by atoms with Crippen molar-refractivity contribution in [2.45, 2.75) is 40.0 Å². The first-order chi connectivity index (χ1) is 20.9. The summed E-state index contributed by atoms with van der Waals surface area (Å²) in [6, 6.07) is 20.6. The number of ether oxygens (including phenoxy) is 2. The molecule has 0 aliphatic carbocycles. The fourth-order valence-electron chi connectivity index (χ4n) is 5.48. The van der Waals surface area contributed by atoms with Gasteiger partial charge in [-0.2, -0.15) is 0 Å². The minimum atomic E-state index is -0.243. The Morgan fingerprint density at radius 3 is 2.19 bits per heavy atom. The van der Waals surface area contributed by atoms with Gasteiger partial charge in [0.25, 0.3) is 5.91 Å². The summed E-state index contributed by atoms with van der Waals surface area (Å²) >= 11 is 0. The Kier molecular flexibility index (Phi) is 9.29. The smallest absolute Gasteiger partial charge is 0.258 e. The molecule has 9 heteroatoms. The van der Waals surface area contributed by atoms with E-state index in [1.54, 1.807) is 6.07 Å². The number of benzene rings is 3. The Labute approximate surface area is 252 Å². The number of carbonyl (C=O) groups excluding carboxylic acids is 3. The van der Waals surface area contributed by atoms with E-state index < -0.39 is 0 Å². The summed E-state index contributed by atoms with van der Waals surface area (Å²) in [5.41, 5.74) is 4.64. The third kappa shape index (κ3) is 6.66. The summed E-state index contributed by atoms with van der Waals surface area (Å²) in [6.45, 7) is 7.67. The molecule has 43 heavy (non-hydrogen) atoms. The van der Waals surface area contributed by atoms with Crippen molar-refractivity contribution in [2.75, 3.05) is 48.4 Å². The van der Waals surface area contributed by atoms with Crippen molar-refractivity contribution in [1.82, 2.24) is 4.90 Å². The number of amides is 3. The maximum absolute atomic E-state index is 13.5. The zero-order valence-electron chi connectivity index (χ0n) is 24.9. The predicted molar refractivity (Wildman–Crippen MR) is 169 cm³/mol. The first kappa shape index (κ1) is 29.7. The number of piperidine rings is 1. The molecule has 1 saturated heterocycles. The highest BCUT2D eigenvalue weighted by Gasteiger charge is 2.31. The van der Waals surface area contributed by atoms with Crippen LogP contribution in [-0.4, -0.2) is 55.5 Å². The Morgan fingerprint density at radius 2 is 1.56 bits per heavy atom. The van der Waals surface area contributed by atoms with Gasteiger partial charge in [0.05, 0.1) is 30.2 Å². The lowest BCUT2D eigenvalue weighted by atomic mass is 9.99. The van der Waals surface area contributed by atoms with Crippen LogP contribution >= 0.6 is 0 Å². The molecule has 3 amide bonds. The third-order valence-electron chi connectivity index (χ3n) is 7.57. The monoisotopic (exact) mass is 582 g/mol. The van der Waals surface area contributed by atoms with Gasteiger partial charge in [-0.15, -0.1) is 0 Å². The molecule has 224 valence electrons. The highest BCUT2D eigenvalue weighted by molar-refractivity contribution is 6.37. The molecule has 2 N–H and O–H groups in total.